The number of nitrogens with zero attached hydrogens (tertiary/aromatic N) is 1. The molecule has 0 aliphatic carbocycles. The third-order valence-corrected chi connectivity index (χ3v) is 2.79. The summed E-state index contributed by atoms with van der Waals surface area (Å²) in [5, 5.41) is 12.6. The molecule has 0 saturated carbocycles. The second-order valence-electron chi connectivity index (χ2n) is 3.84. The van der Waals surface area contributed by atoms with Crippen LogP contribution < -0.4 is 14.8 Å². The van der Waals surface area contributed by atoms with E-state index in [0.717, 1.165) is 0 Å². The van der Waals surface area contributed by atoms with Crippen molar-refractivity contribution < 1.29 is 19.4 Å². The number of fused-ring (bicyclic) bond motifs is 1. The van der Waals surface area contributed by atoms with Gasteiger partial charge >= 0.3 is 5.97 Å². The molecule has 0 fully saturated rings. The topological polar surface area (TPSA) is 80.7 Å². The molecular formula is C13H14N2O4. The number of nitrogens with one attached hydrogen (secondary N) is 1. The van der Waals surface area contributed by atoms with Gasteiger partial charge in [0, 0.05) is 24.6 Å². The van der Waals surface area contributed by atoms with Crippen LogP contribution in [-0.4, -0.2) is 37.3 Å². The first kappa shape index (κ1) is 12.9. The maximum absolute atomic E-state index is 11.2. The lowest BCUT2D eigenvalue weighted by Gasteiger charge is -2.11. The van der Waals surface area contributed by atoms with Crippen molar-refractivity contribution in [1.29, 1.82) is 0 Å². The molecule has 6 heteroatoms. The van der Waals surface area contributed by atoms with Gasteiger partial charge in [-0.2, -0.15) is 0 Å². The quantitative estimate of drug-likeness (QED) is 0.877. The van der Waals surface area contributed by atoms with E-state index >= 15 is 0 Å². The van der Waals surface area contributed by atoms with E-state index in [9.17, 15) is 9.90 Å². The van der Waals surface area contributed by atoms with E-state index in [1.165, 1.54) is 13.2 Å². The molecule has 0 bridgehead atoms. The number of methoxy groups -OCH3 is 2. The predicted molar refractivity (Wildman–Crippen MR) is 71.4 cm³/mol. The molecule has 0 amide bonds. The van der Waals surface area contributed by atoms with Gasteiger partial charge in [-0.1, -0.05) is 0 Å². The molecule has 1 aromatic heterocycles. The number of pyridine rings is 1. The molecule has 2 rings (SSSR count). The van der Waals surface area contributed by atoms with Crippen molar-refractivity contribution in [2.45, 2.75) is 0 Å². The van der Waals surface area contributed by atoms with E-state index < -0.39 is 5.97 Å². The van der Waals surface area contributed by atoms with Gasteiger partial charge in [-0.05, 0) is 6.07 Å². The van der Waals surface area contributed by atoms with Gasteiger partial charge in [0.1, 0.15) is 22.9 Å². The minimum atomic E-state index is -1.04. The summed E-state index contributed by atoms with van der Waals surface area (Å²) in [6, 6.07) is 4.95. The van der Waals surface area contributed by atoms with Gasteiger partial charge in [0.05, 0.1) is 19.7 Å². The van der Waals surface area contributed by atoms with Crippen molar-refractivity contribution in [3.63, 3.8) is 0 Å². The predicted octanol–water partition coefficient (Wildman–Crippen LogP) is 1.99. The zero-order valence-corrected chi connectivity index (χ0v) is 10.9. The maximum atomic E-state index is 11.2. The van der Waals surface area contributed by atoms with E-state index in [1.807, 2.05) is 0 Å². The van der Waals surface area contributed by atoms with Crippen LogP contribution in [0.1, 0.15) is 10.4 Å². The third-order valence-electron chi connectivity index (χ3n) is 2.79. The second kappa shape index (κ2) is 5.01. The highest BCUT2D eigenvalue weighted by molar-refractivity contribution is 6.00. The number of hydrogen-bond donors (Lipinski definition) is 2. The molecule has 19 heavy (non-hydrogen) atoms. The lowest BCUT2D eigenvalue weighted by Crippen LogP contribution is -2.05. The Bertz CT molecular complexity index is 640. The highest BCUT2D eigenvalue weighted by atomic mass is 16.5. The van der Waals surface area contributed by atoms with E-state index in [0.29, 0.717) is 28.2 Å². The molecule has 0 spiro atoms. The van der Waals surface area contributed by atoms with E-state index in [4.69, 9.17) is 9.47 Å². The standard InChI is InChI=1S/C13H14N2O4/c1-14-12-9(13(16)17)6-8-10(15-12)4-7(18-2)5-11(8)19-3/h4-6H,1-3H3,(H,14,15)(H,16,17). The first-order chi connectivity index (χ1) is 9.10. The SMILES string of the molecule is CNc1nc2cc(OC)cc(OC)c2cc1C(=O)O. The van der Waals surface area contributed by atoms with Crippen molar-refractivity contribution in [2.24, 2.45) is 0 Å². The molecule has 0 atom stereocenters. The number of carbonyl (C=O) groups is 1. The van der Waals surface area contributed by atoms with Gasteiger partial charge in [-0.3, -0.25) is 0 Å². The Morgan fingerprint density at radius 2 is 2.00 bits per heavy atom. The second-order valence-corrected chi connectivity index (χ2v) is 3.84. The summed E-state index contributed by atoms with van der Waals surface area (Å²) in [4.78, 5) is 15.5. The number of aromatic nitrogens is 1. The summed E-state index contributed by atoms with van der Waals surface area (Å²) in [6.07, 6.45) is 0. The Hall–Kier alpha value is -2.50. The smallest absolute Gasteiger partial charge is 0.339 e. The molecule has 100 valence electrons. The minimum Gasteiger partial charge on any atom is -0.497 e. The van der Waals surface area contributed by atoms with Gasteiger partial charge < -0.3 is 19.9 Å². The fourth-order valence-corrected chi connectivity index (χ4v) is 1.86. The maximum Gasteiger partial charge on any atom is 0.339 e. The number of hydrogen-bond acceptors (Lipinski definition) is 5. The Balaban J connectivity index is 2.80. The zero-order valence-electron chi connectivity index (χ0n) is 10.9. The number of carboxylic acids is 1. The van der Waals surface area contributed by atoms with E-state index in [-0.39, 0.29) is 5.56 Å². The molecule has 0 saturated heterocycles. The van der Waals surface area contributed by atoms with Crippen molar-refractivity contribution in [3.8, 4) is 11.5 Å². The van der Waals surface area contributed by atoms with E-state index in [1.54, 1.807) is 26.3 Å². The van der Waals surface area contributed by atoms with Gasteiger partial charge in [-0.25, -0.2) is 9.78 Å². The van der Waals surface area contributed by atoms with Crippen LogP contribution in [-0.2, 0) is 0 Å². The molecule has 0 aliphatic rings. The number of rotatable bonds is 4. The molecular weight excluding hydrogens is 248 g/mol. The largest absolute Gasteiger partial charge is 0.497 e. The summed E-state index contributed by atoms with van der Waals surface area (Å²) in [5.41, 5.74) is 0.698. The highest BCUT2D eigenvalue weighted by Gasteiger charge is 2.15. The van der Waals surface area contributed by atoms with Gasteiger partial charge in [0.2, 0.25) is 0 Å². The Morgan fingerprint density at radius 3 is 2.53 bits per heavy atom. The first-order valence-electron chi connectivity index (χ1n) is 5.58. The van der Waals surface area contributed by atoms with Crippen LogP contribution in [0.4, 0.5) is 5.82 Å². The Labute approximate surface area is 110 Å². The summed E-state index contributed by atoms with van der Waals surface area (Å²) in [5.74, 6) is 0.376. The number of benzene rings is 1. The molecule has 1 heterocycles. The average Bonchev–Trinajstić information content (AvgIpc) is 2.44. The fraction of sp³-hybridized carbons (Fsp3) is 0.231. The van der Waals surface area contributed by atoms with Crippen molar-refractivity contribution >= 4 is 22.7 Å². The van der Waals surface area contributed by atoms with Gasteiger partial charge in [-0.15, -0.1) is 0 Å². The number of anilines is 1. The van der Waals surface area contributed by atoms with E-state index in [2.05, 4.69) is 10.3 Å². The normalized spacial score (nSPS) is 10.3. The van der Waals surface area contributed by atoms with Crippen LogP contribution in [0, 0.1) is 0 Å². The van der Waals surface area contributed by atoms with Crippen LogP contribution >= 0.6 is 0 Å². The molecule has 2 N–H and O–H groups in total. The molecule has 0 radical (unpaired) electrons. The van der Waals surface area contributed by atoms with Crippen molar-refractivity contribution in [2.75, 3.05) is 26.6 Å². The number of carboxylic acid groups (broad SMARTS) is 1. The Kier molecular flexibility index (Phi) is 3.41. The van der Waals surface area contributed by atoms with Crippen LogP contribution in [0.15, 0.2) is 18.2 Å². The number of ether oxygens (including phenoxy) is 2. The molecule has 6 nitrogen and oxygen atoms in total. The van der Waals surface area contributed by atoms with Crippen LogP contribution in [0.2, 0.25) is 0 Å². The lowest BCUT2D eigenvalue weighted by atomic mass is 10.1. The summed E-state index contributed by atoms with van der Waals surface area (Å²) < 4.78 is 10.4. The lowest BCUT2D eigenvalue weighted by molar-refractivity contribution is 0.0698. The number of aromatic carboxylic acids is 1. The third kappa shape index (κ3) is 2.24. The summed E-state index contributed by atoms with van der Waals surface area (Å²) in [6.45, 7) is 0. The molecule has 0 unspecified atom stereocenters. The fourth-order valence-electron chi connectivity index (χ4n) is 1.86. The van der Waals surface area contributed by atoms with Gasteiger partial charge in [0.25, 0.3) is 0 Å². The highest BCUT2D eigenvalue weighted by Crippen LogP contribution is 2.32. The first-order valence-corrected chi connectivity index (χ1v) is 5.58. The molecule has 2 aromatic rings. The van der Waals surface area contributed by atoms with Crippen LogP contribution in [0.5, 0.6) is 11.5 Å². The summed E-state index contributed by atoms with van der Waals surface area (Å²) in [7, 11) is 4.68. The van der Waals surface area contributed by atoms with Crippen molar-refractivity contribution in [1.82, 2.24) is 4.98 Å². The zero-order chi connectivity index (χ0) is 14.0. The minimum absolute atomic E-state index is 0.0958. The molecule has 1 aromatic carbocycles. The monoisotopic (exact) mass is 262 g/mol. The van der Waals surface area contributed by atoms with Gasteiger partial charge in [0.15, 0.2) is 0 Å². The summed E-state index contributed by atoms with van der Waals surface area (Å²) >= 11 is 0. The average molecular weight is 262 g/mol. The van der Waals surface area contributed by atoms with Crippen LogP contribution in [0.25, 0.3) is 10.9 Å². The van der Waals surface area contributed by atoms with Crippen molar-refractivity contribution in [3.05, 3.63) is 23.8 Å². The van der Waals surface area contributed by atoms with Crippen LogP contribution in [0.3, 0.4) is 0 Å². The molecule has 0 aliphatic heterocycles. The Morgan fingerprint density at radius 1 is 1.26 bits per heavy atom.